The predicted octanol–water partition coefficient (Wildman–Crippen LogP) is 2.30. The lowest BCUT2D eigenvalue weighted by atomic mass is 10.2. The van der Waals surface area contributed by atoms with Gasteiger partial charge in [-0.2, -0.15) is 5.10 Å². The third-order valence-corrected chi connectivity index (χ3v) is 5.25. The van der Waals surface area contributed by atoms with E-state index in [2.05, 4.69) is 10.5 Å². The maximum absolute atomic E-state index is 12.3. The second-order valence-corrected chi connectivity index (χ2v) is 7.01. The van der Waals surface area contributed by atoms with Gasteiger partial charge < -0.3 is 19.1 Å². The molecule has 1 aliphatic rings. The largest absolute Gasteiger partial charge is 0.493 e. The monoisotopic (exact) mass is 415 g/mol. The Morgan fingerprint density at radius 2 is 1.86 bits per heavy atom. The van der Waals surface area contributed by atoms with Gasteiger partial charge in [0.2, 0.25) is 11.7 Å². The summed E-state index contributed by atoms with van der Waals surface area (Å²) in [4.78, 5) is 27.0. The highest BCUT2D eigenvalue weighted by Crippen LogP contribution is 2.38. The van der Waals surface area contributed by atoms with Gasteiger partial charge in [0.25, 0.3) is 5.91 Å². The van der Waals surface area contributed by atoms with Crippen LogP contribution in [0.1, 0.15) is 5.56 Å². The summed E-state index contributed by atoms with van der Waals surface area (Å²) in [5.41, 5.74) is 3.83. The van der Waals surface area contributed by atoms with E-state index in [1.807, 2.05) is 24.3 Å². The zero-order valence-electron chi connectivity index (χ0n) is 16.3. The molecule has 1 N–H and O–H groups in total. The average Bonchev–Trinajstić information content (AvgIpc) is 2.75. The van der Waals surface area contributed by atoms with Crippen molar-refractivity contribution >= 4 is 35.5 Å². The van der Waals surface area contributed by atoms with Crippen LogP contribution in [0.4, 0.5) is 5.69 Å². The summed E-state index contributed by atoms with van der Waals surface area (Å²) in [6.45, 7) is -0.108. The van der Waals surface area contributed by atoms with Crippen LogP contribution in [0.25, 0.3) is 0 Å². The number of hydrogen-bond donors (Lipinski definition) is 1. The Hall–Kier alpha value is -3.20. The van der Waals surface area contributed by atoms with E-state index in [9.17, 15) is 9.59 Å². The molecule has 2 aromatic rings. The highest BCUT2D eigenvalue weighted by molar-refractivity contribution is 8.00. The molecule has 0 bridgehead atoms. The number of ether oxygens (including phenoxy) is 3. The van der Waals surface area contributed by atoms with Gasteiger partial charge in [-0.25, -0.2) is 5.43 Å². The van der Waals surface area contributed by atoms with Crippen molar-refractivity contribution in [3.63, 3.8) is 0 Å². The van der Waals surface area contributed by atoms with E-state index in [4.69, 9.17) is 14.2 Å². The minimum absolute atomic E-state index is 0.108. The van der Waals surface area contributed by atoms with Crippen LogP contribution in [-0.4, -0.2) is 51.7 Å². The molecule has 1 heterocycles. The van der Waals surface area contributed by atoms with Gasteiger partial charge >= 0.3 is 0 Å². The van der Waals surface area contributed by atoms with Crippen molar-refractivity contribution in [1.82, 2.24) is 5.43 Å². The molecule has 9 heteroatoms. The Labute approximate surface area is 172 Å². The van der Waals surface area contributed by atoms with Crippen LogP contribution < -0.4 is 24.5 Å². The highest BCUT2D eigenvalue weighted by Gasteiger charge is 2.26. The van der Waals surface area contributed by atoms with Gasteiger partial charge in [0.1, 0.15) is 6.54 Å². The van der Waals surface area contributed by atoms with Crippen molar-refractivity contribution in [3.05, 3.63) is 42.0 Å². The third-order valence-electron chi connectivity index (χ3n) is 4.20. The van der Waals surface area contributed by atoms with E-state index in [1.165, 1.54) is 44.2 Å². The quantitative estimate of drug-likeness (QED) is 0.551. The maximum atomic E-state index is 12.3. The number of nitrogens with one attached hydrogen (secondary N) is 1. The number of anilines is 1. The Morgan fingerprint density at radius 1 is 1.17 bits per heavy atom. The van der Waals surface area contributed by atoms with Crippen LogP contribution in [0.3, 0.4) is 0 Å². The molecule has 152 valence electrons. The zero-order valence-corrected chi connectivity index (χ0v) is 17.1. The van der Waals surface area contributed by atoms with Gasteiger partial charge in [-0.3, -0.25) is 9.59 Å². The fourth-order valence-corrected chi connectivity index (χ4v) is 3.80. The van der Waals surface area contributed by atoms with Crippen molar-refractivity contribution < 1.29 is 23.8 Å². The Morgan fingerprint density at radius 3 is 2.52 bits per heavy atom. The summed E-state index contributed by atoms with van der Waals surface area (Å²) in [5.74, 6) is 1.22. The third kappa shape index (κ3) is 4.62. The number of carbonyl (C=O) groups excluding carboxylic acids is 2. The molecular formula is C20H21N3O5S. The first-order valence-electron chi connectivity index (χ1n) is 8.71. The molecule has 0 aromatic heterocycles. The Balaban J connectivity index is 1.68. The second kappa shape index (κ2) is 9.33. The molecule has 2 amide bonds. The zero-order chi connectivity index (χ0) is 20.8. The topological polar surface area (TPSA) is 89.5 Å². The molecule has 0 radical (unpaired) electrons. The van der Waals surface area contributed by atoms with Crippen molar-refractivity contribution in [2.24, 2.45) is 5.10 Å². The number of methoxy groups -OCH3 is 3. The number of carbonyl (C=O) groups is 2. The number of nitrogens with zero attached hydrogens (tertiary/aromatic N) is 2. The predicted molar refractivity (Wildman–Crippen MR) is 111 cm³/mol. The van der Waals surface area contributed by atoms with Gasteiger partial charge in [0.15, 0.2) is 11.5 Å². The number of amides is 2. The molecule has 2 aromatic carbocycles. The first-order valence-corrected chi connectivity index (χ1v) is 9.70. The van der Waals surface area contributed by atoms with Crippen LogP contribution in [0.2, 0.25) is 0 Å². The molecule has 3 rings (SSSR count). The lowest BCUT2D eigenvalue weighted by Crippen LogP contribution is -2.42. The molecule has 8 nitrogen and oxygen atoms in total. The highest BCUT2D eigenvalue weighted by atomic mass is 32.2. The van der Waals surface area contributed by atoms with Crippen molar-refractivity contribution in [2.75, 3.05) is 38.5 Å². The van der Waals surface area contributed by atoms with E-state index in [0.29, 0.717) is 28.6 Å². The molecular weight excluding hydrogens is 394 g/mol. The molecule has 29 heavy (non-hydrogen) atoms. The van der Waals surface area contributed by atoms with Crippen LogP contribution in [0.5, 0.6) is 17.2 Å². The maximum Gasteiger partial charge on any atom is 0.260 e. The summed E-state index contributed by atoms with van der Waals surface area (Å²) in [6, 6.07) is 10.9. The van der Waals surface area contributed by atoms with Crippen LogP contribution in [0, 0.1) is 0 Å². The first kappa shape index (κ1) is 20.5. The molecule has 0 saturated carbocycles. The van der Waals surface area contributed by atoms with E-state index in [-0.39, 0.29) is 12.5 Å². The molecule has 1 aliphatic heterocycles. The number of rotatable bonds is 7. The Bertz CT molecular complexity index is 922. The van der Waals surface area contributed by atoms with Gasteiger partial charge in [0, 0.05) is 10.5 Å². The summed E-state index contributed by atoms with van der Waals surface area (Å²) >= 11 is 1.47. The number of fused-ring (bicyclic) bond motifs is 1. The number of hydrazone groups is 1. The summed E-state index contributed by atoms with van der Waals surface area (Å²) in [5, 5.41) is 3.97. The molecule has 0 saturated heterocycles. The van der Waals surface area contributed by atoms with Gasteiger partial charge in [0.05, 0.1) is 39.0 Å². The molecule has 0 unspecified atom stereocenters. The van der Waals surface area contributed by atoms with E-state index >= 15 is 0 Å². The minimum Gasteiger partial charge on any atom is -0.493 e. The Kier molecular flexibility index (Phi) is 6.61. The van der Waals surface area contributed by atoms with E-state index in [1.54, 1.807) is 12.1 Å². The number of thioether (sulfide) groups is 1. The lowest BCUT2D eigenvalue weighted by molar-refractivity contribution is -0.122. The molecule has 0 aliphatic carbocycles. The lowest BCUT2D eigenvalue weighted by Gasteiger charge is -2.27. The minimum atomic E-state index is -0.399. The molecule has 0 fully saturated rings. The van der Waals surface area contributed by atoms with Crippen molar-refractivity contribution in [1.29, 1.82) is 0 Å². The number of benzene rings is 2. The first-order chi connectivity index (χ1) is 14.1. The average molecular weight is 415 g/mol. The summed E-state index contributed by atoms with van der Waals surface area (Å²) < 4.78 is 15.9. The van der Waals surface area contributed by atoms with Gasteiger partial charge in [-0.15, -0.1) is 11.8 Å². The smallest absolute Gasteiger partial charge is 0.260 e. The fraction of sp³-hybridized carbons (Fsp3) is 0.250. The normalized spacial score (nSPS) is 13.2. The number of para-hydroxylation sites is 1. The summed E-state index contributed by atoms with van der Waals surface area (Å²) in [6.07, 6.45) is 1.46. The second-order valence-electron chi connectivity index (χ2n) is 5.99. The van der Waals surface area contributed by atoms with E-state index in [0.717, 1.165) is 10.6 Å². The van der Waals surface area contributed by atoms with Crippen molar-refractivity contribution in [3.8, 4) is 17.2 Å². The number of hydrogen-bond acceptors (Lipinski definition) is 7. The van der Waals surface area contributed by atoms with Gasteiger partial charge in [-0.05, 0) is 24.3 Å². The van der Waals surface area contributed by atoms with E-state index < -0.39 is 5.91 Å². The van der Waals surface area contributed by atoms with Crippen molar-refractivity contribution in [2.45, 2.75) is 4.90 Å². The van der Waals surface area contributed by atoms with Gasteiger partial charge in [-0.1, -0.05) is 12.1 Å². The fourth-order valence-electron chi connectivity index (χ4n) is 2.86. The standard InChI is InChI=1S/C20H21N3O5S/c1-26-15-8-13(9-16(27-2)20(15)28-3)10-21-22-18(24)11-23-14-6-4-5-7-17(14)29-12-19(23)25/h4-10H,11-12H2,1-3H3,(H,22,24)/b21-10+. The molecule has 0 atom stereocenters. The van der Waals surface area contributed by atoms with Crippen LogP contribution >= 0.6 is 11.8 Å². The SMILES string of the molecule is COc1cc(/C=N/NC(=O)CN2C(=O)CSc3ccccc32)cc(OC)c1OC. The van der Waals surface area contributed by atoms with Crippen LogP contribution in [0.15, 0.2) is 46.4 Å². The van der Waals surface area contributed by atoms with Crippen LogP contribution in [-0.2, 0) is 9.59 Å². The summed E-state index contributed by atoms with van der Waals surface area (Å²) in [7, 11) is 4.56. The molecule has 0 spiro atoms.